The van der Waals surface area contributed by atoms with E-state index in [-0.39, 0.29) is 0 Å². The first kappa shape index (κ1) is 17.1. The molecule has 1 atom stereocenters. The van der Waals surface area contributed by atoms with Crippen LogP contribution in [0.5, 0.6) is 5.75 Å². The van der Waals surface area contributed by atoms with Crippen molar-refractivity contribution in [1.29, 1.82) is 0 Å². The van der Waals surface area contributed by atoms with Gasteiger partial charge in [-0.2, -0.15) is 0 Å². The molecule has 0 aliphatic rings. The second-order valence-electron chi connectivity index (χ2n) is 4.59. The number of hydrogen-bond donors (Lipinski definition) is 2. The Morgan fingerprint density at radius 2 is 1.85 bits per heavy atom. The van der Waals surface area contributed by atoms with Gasteiger partial charge in [-0.25, -0.2) is 0 Å². The van der Waals surface area contributed by atoms with E-state index in [0.717, 1.165) is 12.8 Å². The van der Waals surface area contributed by atoms with Crippen LogP contribution in [0.2, 0.25) is 0 Å². The summed E-state index contributed by atoms with van der Waals surface area (Å²) in [7, 11) is -2.70. The van der Waals surface area contributed by atoms with E-state index >= 15 is 0 Å². The van der Waals surface area contributed by atoms with Gasteiger partial charge in [-0.3, -0.25) is 0 Å². The van der Waals surface area contributed by atoms with E-state index in [9.17, 15) is 4.57 Å². The molecule has 0 radical (unpaired) electrons. The summed E-state index contributed by atoms with van der Waals surface area (Å²) < 4.78 is 21.8. The highest BCUT2D eigenvalue weighted by Crippen LogP contribution is 2.34. The van der Waals surface area contributed by atoms with Crippen molar-refractivity contribution in [3.05, 3.63) is 29.8 Å². The fourth-order valence-corrected chi connectivity index (χ4v) is 2.51. The SMILES string of the molecule is CCC(CC)(Oc1ccc(CCCN)cc1)O[P+](=O)O. The molecule has 3 N–H and O–H groups in total. The number of ether oxygens (including phenoxy) is 1. The fourth-order valence-electron chi connectivity index (χ4n) is 1.93. The molecule has 20 heavy (non-hydrogen) atoms. The maximum Gasteiger partial charge on any atom is 0.698 e. The van der Waals surface area contributed by atoms with Crippen LogP contribution in [-0.4, -0.2) is 17.2 Å². The van der Waals surface area contributed by atoms with Crippen molar-refractivity contribution in [3.63, 3.8) is 0 Å². The van der Waals surface area contributed by atoms with E-state index in [1.54, 1.807) is 0 Å². The summed E-state index contributed by atoms with van der Waals surface area (Å²) in [6.45, 7) is 4.39. The van der Waals surface area contributed by atoms with Gasteiger partial charge in [0.05, 0.1) is 0 Å². The Labute approximate surface area is 121 Å². The van der Waals surface area contributed by atoms with Crippen LogP contribution in [0.25, 0.3) is 0 Å². The first-order chi connectivity index (χ1) is 9.55. The number of aryl methyl sites for hydroxylation is 1. The van der Waals surface area contributed by atoms with E-state index in [1.807, 2.05) is 38.1 Å². The Bertz CT molecular complexity index is 418. The molecule has 1 rings (SSSR count). The lowest BCUT2D eigenvalue weighted by molar-refractivity contribution is -0.119. The van der Waals surface area contributed by atoms with Crippen molar-refractivity contribution in [1.82, 2.24) is 0 Å². The lowest BCUT2D eigenvalue weighted by atomic mass is 10.1. The molecule has 0 saturated carbocycles. The van der Waals surface area contributed by atoms with E-state index in [4.69, 9.17) is 19.9 Å². The molecular formula is C14H23NO4P+. The van der Waals surface area contributed by atoms with Crippen LogP contribution in [-0.2, 0) is 15.5 Å². The van der Waals surface area contributed by atoms with Crippen molar-refractivity contribution in [2.75, 3.05) is 6.54 Å². The van der Waals surface area contributed by atoms with Crippen LogP contribution in [0.4, 0.5) is 0 Å². The Balaban J connectivity index is 2.75. The molecule has 0 amide bonds. The standard InChI is InChI=1S/C14H22NO4P/c1-3-14(4-2,19-20(16)17)18-13-9-7-12(8-10-13)6-5-11-15/h7-10H,3-6,11,15H2,1-2H3/p+1. The quantitative estimate of drug-likeness (QED) is 0.541. The zero-order valence-electron chi connectivity index (χ0n) is 12.0. The van der Waals surface area contributed by atoms with Gasteiger partial charge in [0.2, 0.25) is 0 Å². The van der Waals surface area contributed by atoms with Gasteiger partial charge in [-0.05, 0) is 37.1 Å². The maximum absolute atomic E-state index is 10.9. The zero-order chi connectivity index (χ0) is 15.0. The molecule has 0 aliphatic carbocycles. The van der Waals surface area contributed by atoms with Crippen molar-refractivity contribution < 1.29 is 18.7 Å². The van der Waals surface area contributed by atoms with Crippen LogP contribution in [0, 0.1) is 0 Å². The lowest BCUT2D eigenvalue weighted by Crippen LogP contribution is -2.35. The van der Waals surface area contributed by atoms with Crippen LogP contribution >= 0.6 is 8.25 Å². The van der Waals surface area contributed by atoms with Gasteiger partial charge >= 0.3 is 8.25 Å². The molecule has 112 valence electrons. The minimum atomic E-state index is -2.70. The summed E-state index contributed by atoms with van der Waals surface area (Å²) in [5.74, 6) is -0.428. The lowest BCUT2D eigenvalue weighted by Gasteiger charge is -2.26. The van der Waals surface area contributed by atoms with E-state index < -0.39 is 14.0 Å². The average Bonchev–Trinajstić information content (AvgIpc) is 2.45. The fraction of sp³-hybridized carbons (Fsp3) is 0.571. The van der Waals surface area contributed by atoms with Gasteiger partial charge in [0.25, 0.3) is 5.79 Å². The predicted molar refractivity (Wildman–Crippen MR) is 78.7 cm³/mol. The number of nitrogens with two attached hydrogens (primary N) is 1. The van der Waals surface area contributed by atoms with Gasteiger partial charge in [0.1, 0.15) is 5.75 Å². The molecule has 6 heteroatoms. The van der Waals surface area contributed by atoms with E-state index in [1.165, 1.54) is 5.56 Å². The normalized spacial score (nSPS) is 12.3. The van der Waals surface area contributed by atoms with E-state index in [2.05, 4.69) is 0 Å². The third-order valence-corrected chi connectivity index (χ3v) is 3.71. The van der Waals surface area contributed by atoms with Crippen molar-refractivity contribution in [2.24, 2.45) is 5.73 Å². The van der Waals surface area contributed by atoms with Gasteiger partial charge in [0, 0.05) is 17.4 Å². The van der Waals surface area contributed by atoms with Crippen LogP contribution in [0.1, 0.15) is 38.7 Å². The molecule has 1 unspecified atom stereocenters. The first-order valence-electron chi connectivity index (χ1n) is 6.88. The van der Waals surface area contributed by atoms with Crippen LogP contribution < -0.4 is 10.5 Å². The molecule has 0 aliphatic heterocycles. The molecule has 1 aromatic carbocycles. The maximum atomic E-state index is 10.9. The summed E-state index contributed by atoms with van der Waals surface area (Å²) >= 11 is 0. The smallest absolute Gasteiger partial charge is 0.458 e. The largest absolute Gasteiger partial charge is 0.698 e. The second-order valence-corrected chi connectivity index (χ2v) is 5.24. The summed E-state index contributed by atoms with van der Waals surface area (Å²) in [6, 6.07) is 7.64. The summed E-state index contributed by atoms with van der Waals surface area (Å²) in [4.78, 5) is 8.96. The summed E-state index contributed by atoms with van der Waals surface area (Å²) in [5.41, 5.74) is 6.67. The van der Waals surface area contributed by atoms with Crippen molar-refractivity contribution >= 4 is 8.25 Å². The Morgan fingerprint density at radius 3 is 2.30 bits per heavy atom. The summed E-state index contributed by atoms with van der Waals surface area (Å²) in [6.07, 6.45) is 2.85. The minimum Gasteiger partial charge on any atom is -0.458 e. The van der Waals surface area contributed by atoms with Gasteiger partial charge in [-0.15, -0.1) is 4.89 Å². The molecule has 0 spiro atoms. The number of rotatable bonds is 9. The minimum absolute atomic E-state index is 0.486. The molecule has 0 saturated heterocycles. The van der Waals surface area contributed by atoms with Gasteiger partial charge in [0.15, 0.2) is 0 Å². The molecule has 0 fully saturated rings. The predicted octanol–water partition coefficient (Wildman–Crippen LogP) is 3.14. The van der Waals surface area contributed by atoms with Gasteiger partial charge in [-0.1, -0.05) is 30.5 Å². The highest BCUT2D eigenvalue weighted by molar-refractivity contribution is 7.32. The highest BCUT2D eigenvalue weighted by atomic mass is 31.1. The van der Waals surface area contributed by atoms with Crippen LogP contribution in [0.3, 0.4) is 0 Å². The third kappa shape index (κ3) is 5.17. The molecule has 0 aromatic heterocycles. The van der Waals surface area contributed by atoms with Gasteiger partial charge < -0.3 is 10.5 Å². The Kier molecular flexibility index (Phi) is 7.10. The second kappa shape index (κ2) is 8.32. The Hall–Kier alpha value is -1.00. The highest BCUT2D eigenvalue weighted by Gasteiger charge is 2.39. The Morgan fingerprint density at radius 1 is 1.25 bits per heavy atom. The van der Waals surface area contributed by atoms with Crippen LogP contribution in [0.15, 0.2) is 24.3 Å². The molecule has 0 heterocycles. The molecule has 5 nitrogen and oxygen atoms in total. The monoisotopic (exact) mass is 300 g/mol. The third-order valence-electron chi connectivity index (χ3n) is 3.22. The molecule has 0 bridgehead atoms. The molecular weight excluding hydrogens is 277 g/mol. The molecule has 1 aromatic rings. The van der Waals surface area contributed by atoms with Crippen molar-refractivity contribution in [2.45, 2.75) is 45.3 Å². The number of benzene rings is 1. The average molecular weight is 300 g/mol. The topological polar surface area (TPSA) is 81.8 Å². The van der Waals surface area contributed by atoms with E-state index in [0.29, 0.717) is 25.1 Å². The first-order valence-corrected chi connectivity index (χ1v) is 8.01. The summed E-state index contributed by atoms with van der Waals surface area (Å²) in [5, 5.41) is 0. The number of hydrogen-bond acceptors (Lipinski definition) is 4. The van der Waals surface area contributed by atoms with Crippen molar-refractivity contribution in [3.8, 4) is 5.75 Å². The zero-order valence-corrected chi connectivity index (χ0v) is 12.9.